The molecule has 1 aliphatic rings. The van der Waals surface area contributed by atoms with Gasteiger partial charge in [-0.3, -0.25) is 0 Å². The summed E-state index contributed by atoms with van der Waals surface area (Å²) >= 11 is 12.3. The van der Waals surface area contributed by atoms with Crippen molar-refractivity contribution in [1.82, 2.24) is 9.55 Å². The van der Waals surface area contributed by atoms with Gasteiger partial charge in [-0.1, -0.05) is 36.9 Å². The average molecular weight is 311 g/mol. The van der Waals surface area contributed by atoms with Crippen molar-refractivity contribution in [3.63, 3.8) is 0 Å². The molecule has 0 amide bonds. The van der Waals surface area contributed by atoms with Crippen LogP contribution in [0.25, 0.3) is 11.0 Å². The van der Waals surface area contributed by atoms with Gasteiger partial charge in [0.05, 0.1) is 10.5 Å². The summed E-state index contributed by atoms with van der Waals surface area (Å²) in [4.78, 5) is 4.77. The van der Waals surface area contributed by atoms with E-state index in [9.17, 15) is 0 Å². The van der Waals surface area contributed by atoms with E-state index >= 15 is 0 Å². The lowest BCUT2D eigenvalue weighted by atomic mass is 9.82. The summed E-state index contributed by atoms with van der Waals surface area (Å²) < 4.78 is 2.41. The Morgan fingerprint density at radius 2 is 2.00 bits per heavy atom. The summed E-state index contributed by atoms with van der Waals surface area (Å²) in [7, 11) is 0. The quantitative estimate of drug-likeness (QED) is 0.717. The monoisotopic (exact) mass is 310 g/mol. The van der Waals surface area contributed by atoms with Gasteiger partial charge in [0.2, 0.25) is 0 Å². The number of fused-ring (bicyclic) bond motifs is 1. The van der Waals surface area contributed by atoms with Crippen LogP contribution in [0.1, 0.15) is 44.9 Å². The van der Waals surface area contributed by atoms with Crippen LogP contribution in [0.15, 0.2) is 18.2 Å². The molecule has 1 aromatic carbocycles. The highest BCUT2D eigenvalue weighted by atomic mass is 35.5. The van der Waals surface area contributed by atoms with Crippen LogP contribution in [0.5, 0.6) is 0 Å². The van der Waals surface area contributed by atoms with Gasteiger partial charge in [0.15, 0.2) is 0 Å². The molecule has 0 radical (unpaired) electrons. The highest BCUT2D eigenvalue weighted by Crippen LogP contribution is 2.39. The van der Waals surface area contributed by atoms with Crippen molar-refractivity contribution in [1.29, 1.82) is 0 Å². The molecular weight excluding hydrogens is 291 g/mol. The molecule has 0 bridgehead atoms. The minimum Gasteiger partial charge on any atom is -0.322 e. The maximum absolute atomic E-state index is 6.32. The Labute approximate surface area is 130 Å². The van der Waals surface area contributed by atoms with Gasteiger partial charge in [-0.15, -0.1) is 11.6 Å². The molecule has 1 aromatic heterocycles. The zero-order chi connectivity index (χ0) is 14.2. The second-order valence-electron chi connectivity index (χ2n) is 5.97. The van der Waals surface area contributed by atoms with E-state index in [0.29, 0.717) is 5.88 Å². The molecule has 1 aliphatic carbocycles. The molecule has 3 rings (SSSR count). The lowest BCUT2D eigenvalue weighted by Crippen LogP contribution is -2.33. The minimum absolute atomic E-state index is 0.152. The molecule has 0 saturated heterocycles. The molecule has 20 heavy (non-hydrogen) atoms. The number of aryl methyl sites for hydroxylation is 1. The summed E-state index contributed by atoms with van der Waals surface area (Å²) in [6, 6.07) is 6.06. The lowest BCUT2D eigenvalue weighted by molar-refractivity contribution is 0.219. The maximum atomic E-state index is 6.32. The molecule has 0 unspecified atom stereocenters. The van der Waals surface area contributed by atoms with E-state index in [1.54, 1.807) is 0 Å². The third kappa shape index (κ3) is 2.33. The number of nitrogens with zero attached hydrogens (tertiary/aromatic N) is 2. The molecule has 0 aliphatic heterocycles. The van der Waals surface area contributed by atoms with E-state index in [-0.39, 0.29) is 5.54 Å². The Morgan fingerprint density at radius 3 is 2.70 bits per heavy atom. The van der Waals surface area contributed by atoms with Gasteiger partial charge in [0.1, 0.15) is 11.3 Å². The minimum atomic E-state index is 0.152. The summed E-state index contributed by atoms with van der Waals surface area (Å²) in [5.74, 6) is 1.67. The topological polar surface area (TPSA) is 17.8 Å². The highest BCUT2D eigenvalue weighted by molar-refractivity contribution is 6.34. The number of halogens is 2. The first-order valence-corrected chi connectivity index (χ1v) is 8.29. The average Bonchev–Trinajstić information content (AvgIpc) is 2.80. The van der Waals surface area contributed by atoms with Crippen LogP contribution in [0.3, 0.4) is 0 Å². The van der Waals surface area contributed by atoms with Gasteiger partial charge in [-0.25, -0.2) is 4.98 Å². The van der Waals surface area contributed by atoms with E-state index < -0.39 is 0 Å². The van der Waals surface area contributed by atoms with E-state index in [0.717, 1.165) is 28.3 Å². The van der Waals surface area contributed by atoms with E-state index in [1.807, 2.05) is 12.1 Å². The Balaban J connectivity index is 2.20. The number of benzene rings is 1. The number of imidazole rings is 1. The largest absolute Gasteiger partial charge is 0.322 e. The first kappa shape index (κ1) is 14.2. The van der Waals surface area contributed by atoms with Crippen molar-refractivity contribution in [3.05, 3.63) is 29.0 Å². The van der Waals surface area contributed by atoms with Crippen LogP contribution in [0.4, 0.5) is 0 Å². The van der Waals surface area contributed by atoms with Crippen molar-refractivity contribution in [2.24, 2.45) is 0 Å². The fourth-order valence-electron chi connectivity index (χ4n) is 3.50. The van der Waals surface area contributed by atoms with Crippen molar-refractivity contribution in [3.8, 4) is 0 Å². The SMILES string of the molecule is CC1(n2c(CCCl)nc3c(Cl)cccc32)CCCCC1. The molecule has 0 N–H and O–H groups in total. The number of alkyl halides is 1. The standard InChI is InChI=1S/C16H20Cl2N2/c1-16(9-3-2-4-10-16)20-13-7-5-6-12(18)15(13)19-14(20)8-11-17/h5-7H,2-4,8-11H2,1H3. The van der Waals surface area contributed by atoms with Crippen LogP contribution < -0.4 is 0 Å². The summed E-state index contributed by atoms with van der Waals surface area (Å²) in [5, 5.41) is 0.733. The summed E-state index contributed by atoms with van der Waals surface area (Å²) in [6.07, 6.45) is 7.13. The predicted molar refractivity (Wildman–Crippen MR) is 85.9 cm³/mol. The number of para-hydroxylation sites is 1. The van der Waals surface area contributed by atoms with Gasteiger partial charge in [0, 0.05) is 17.8 Å². The molecule has 4 heteroatoms. The van der Waals surface area contributed by atoms with Crippen LogP contribution in [0, 0.1) is 0 Å². The molecule has 0 spiro atoms. The Morgan fingerprint density at radius 1 is 1.25 bits per heavy atom. The fourth-order valence-corrected chi connectivity index (χ4v) is 3.89. The van der Waals surface area contributed by atoms with E-state index in [1.165, 1.54) is 32.1 Å². The molecule has 1 heterocycles. The number of aromatic nitrogens is 2. The zero-order valence-corrected chi connectivity index (χ0v) is 13.3. The normalized spacial score (nSPS) is 18.6. The first-order valence-electron chi connectivity index (χ1n) is 7.38. The lowest BCUT2D eigenvalue weighted by Gasteiger charge is -2.37. The maximum Gasteiger partial charge on any atom is 0.111 e. The van der Waals surface area contributed by atoms with Crippen molar-refractivity contribution < 1.29 is 0 Å². The van der Waals surface area contributed by atoms with Crippen molar-refractivity contribution in [2.45, 2.75) is 51.0 Å². The highest BCUT2D eigenvalue weighted by Gasteiger charge is 2.32. The summed E-state index contributed by atoms with van der Waals surface area (Å²) in [6.45, 7) is 2.35. The van der Waals surface area contributed by atoms with E-state index in [2.05, 4.69) is 17.6 Å². The van der Waals surface area contributed by atoms with Crippen LogP contribution in [0.2, 0.25) is 5.02 Å². The van der Waals surface area contributed by atoms with Crippen LogP contribution >= 0.6 is 23.2 Å². The number of rotatable bonds is 3. The molecule has 1 saturated carbocycles. The van der Waals surface area contributed by atoms with Crippen molar-refractivity contribution >= 4 is 34.2 Å². The Bertz CT molecular complexity index is 612. The van der Waals surface area contributed by atoms with Gasteiger partial charge in [-0.2, -0.15) is 0 Å². The van der Waals surface area contributed by atoms with Crippen LogP contribution in [-0.4, -0.2) is 15.4 Å². The number of hydrogen-bond donors (Lipinski definition) is 0. The Hall–Kier alpha value is -0.730. The van der Waals surface area contributed by atoms with Gasteiger partial charge < -0.3 is 4.57 Å². The molecule has 2 aromatic rings. The molecule has 108 valence electrons. The van der Waals surface area contributed by atoms with Gasteiger partial charge in [-0.05, 0) is 31.9 Å². The summed E-state index contributed by atoms with van der Waals surface area (Å²) in [5.41, 5.74) is 2.22. The molecular formula is C16H20Cl2N2. The first-order chi connectivity index (χ1) is 9.65. The van der Waals surface area contributed by atoms with Gasteiger partial charge >= 0.3 is 0 Å². The Kier molecular flexibility index (Phi) is 3.96. The molecule has 2 nitrogen and oxygen atoms in total. The third-order valence-electron chi connectivity index (χ3n) is 4.49. The zero-order valence-electron chi connectivity index (χ0n) is 11.8. The number of hydrogen-bond acceptors (Lipinski definition) is 1. The molecule has 1 fully saturated rings. The van der Waals surface area contributed by atoms with Crippen LogP contribution in [-0.2, 0) is 12.0 Å². The third-order valence-corrected chi connectivity index (χ3v) is 4.99. The van der Waals surface area contributed by atoms with E-state index in [4.69, 9.17) is 28.2 Å². The fraction of sp³-hybridized carbons (Fsp3) is 0.562. The smallest absolute Gasteiger partial charge is 0.111 e. The predicted octanol–water partition coefficient (Wildman–Crippen LogP) is 5.15. The van der Waals surface area contributed by atoms with Crippen molar-refractivity contribution in [2.75, 3.05) is 5.88 Å². The molecule has 0 atom stereocenters. The second kappa shape index (κ2) is 5.57. The second-order valence-corrected chi connectivity index (χ2v) is 6.75. The van der Waals surface area contributed by atoms with Gasteiger partial charge in [0.25, 0.3) is 0 Å².